The van der Waals surface area contributed by atoms with Crippen LogP contribution < -0.4 is 0 Å². The molecular formula is C68H126O6. The van der Waals surface area contributed by atoms with Gasteiger partial charge in [0.1, 0.15) is 13.2 Å². The summed E-state index contributed by atoms with van der Waals surface area (Å²) in [5, 5.41) is 0. The third-order valence-corrected chi connectivity index (χ3v) is 14.9. The lowest BCUT2D eigenvalue weighted by Gasteiger charge is -2.18. The second-order valence-corrected chi connectivity index (χ2v) is 22.4. The van der Waals surface area contributed by atoms with Gasteiger partial charge in [0.15, 0.2) is 6.10 Å². The Balaban J connectivity index is 4.23. The van der Waals surface area contributed by atoms with Gasteiger partial charge in [0.25, 0.3) is 0 Å². The Bertz CT molecular complexity index is 1240. The summed E-state index contributed by atoms with van der Waals surface area (Å²) in [4.78, 5) is 38.3. The summed E-state index contributed by atoms with van der Waals surface area (Å²) >= 11 is 0. The van der Waals surface area contributed by atoms with Gasteiger partial charge in [-0.15, -0.1) is 0 Å². The molecule has 6 heteroatoms. The van der Waals surface area contributed by atoms with Gasteiger partial charge in [0, 0.05) is 19.3 Å². The summed E-state index contributed by atoms with van der Waals surface area (Å²) < 4.78 is 16.9. The Hall–Kier alpha value is -2.37. The summed E-state index contributed by atoms with van der Waals surface area (Å²) in [6.45, 7) is 6.68. The van der Waals surface area contributed by atoms with Gasteiger partial charge in [-0.05, 0) is 77.0 Å². The highest BCUT2D eigenvalue weighted by atomic mass is 16.6. The Kier molecular flexibility index (Phi) is 61.1. The van der Waals surface area contributed by atoms with E-state index in [-0.39, 0.29) is 31.1 Å². The molecule has 1 atom stereocenters. The molecule has 6 nitrogen and oxygen atoms in total. The number of unbranched alkanes of at least 4 members (excludes halogenated alkanes) is 44. The highest BCUT2D eigenvalue weighted by molar-refractivity contribution is 5.71. The molecule has 0 bridgehead atoms. The molecule has 0 aliphatic rings. The van der Waals surface area contributed by atoms with E-state index >= 15 is 0 Å². The first-order valence-electron chi connectivity index (χ1n) is 33.0. The fraction of sp³-hybridized carbons (Fsp3) is 0.868. The zero-order chi connectivity index (χ0) is 53.6. The molecule has 0 fully saturated rings. The van der Waals surface area contributed by atoms with Gasteiger partial charge in [-0.25, -0.2) is 0 Å². The van der Waals surface area contributed by atoms with Crippen molar-refractivity contribution in [2.75, 3.05) is 13.2 Å². The summed E-state index contributed by atoms with van der Waals surface area (Å²) in [7, 11) is 0. The minimum atomic E-state index is -0.771. The molecule has 0 aromatic carbocycles. The normalized spacial score (nSPS) is 12.2. The molecule has 0 aliphatic heterocycles. The fourth-order valence-corrected chi connectivity index (χ4v) is 9.88. The summed E-state index contributed by atoms with van der Waals surface area (Å²) in [5.74, 6) is -0.847. The van der Waals surface area contributed by atoms with E-state index in [0.717, 1.165) is 64.2 Å². The van der Waals surface area contributed by atoms with Crippen LogP contribution in [0.15, 0.2) is 36.5 Å². The highest BCUT2D eigenvalue weighted by Crippen LogP contribution is 2.17. The maximum Gasteiger partial charge on any atom is 0.306 e. The molecule has 0 aliphatic carbocycles. The smallest absolute Gasteiger partial charge is 0.306 e. The van der Waals surface area contributed by atoms with Crippen LogP contribution in [0.1, 0.15) is 361 Å². The summed E-state index contributed by atoms with van der Waals surface area (Å²) in [5.41, 5.74) is 0. The lowest BCUT2D eigenvalue weighted by atomic mass is 10.0. The van der Waals surface area contributed by atoms with Gasteiger partial charge in [-0.2, -0.15) is 0 Å². The molecule has 1 unspecified atom stereocenters. The Labute approximate surface area is 461 Å². The van der Waals surface area contributed by atoms with Gasteiger partial charge >= 0.3 is 17.9 Å². The number of esters is 3. The zero-order valence-corrected chi connectivity index (χ0v) is 49.9. The number of hydrogen-bond acceptors (Lipinski definition) is 6. The monoisotopic (exact) mass is 1040 g/mol. The first-order chi connectivity index (χ1) is 36.5. The molecule has 0 saturated carbocycles. The number of ether oxygens (including phenoxy) is 3. The van der Waals surface area contributed by atoms with E-state index < -0.39 is 6.10 Å². The Morgan fingerprint density at radius 3 is 0.757 bits per heavy atom. The maximum absolute atomic E-state index is 12.9. The topological polar surface area (TPSA) is 78.9 Å². The molecule has 74 heavy (non-hydrogen) atoms. The maximum atomic E-state index is 12.9. The second-order valence-electron chi connectivity index (χ2n) is 22.4. The van der Waals surface area contributed by atoms with E-state index in [0.29, 0.717) is 19.3 Å². The molecule has 0 radical (unpaired) electrons. The molecule has 0 heterocycles. The van der Waals surface area contributed by atoms with Gasteiger partial charge in [0.05, 0.1) is 0 Å². The van der Waals surface area contributed by atoms with Crippen LogP contribution in [0.2, 0.25) is 0 Å². The van der Waals surface area contributed by atoms with E-state index in [2.05, 4.69) is 57.2 Å². The second kappa shape index (κ2) is 63.2. The number of allylic oxidation sites excluding steroid dienone is 6. The van der Waals surface area contributed by atoms with E-state index in [1.165, 1.54) is 257 Å². The molecule has 0 amide bonds. The predicted octanol–water partition coefficient (Wildman–Crippen LogP) is 22.4. The van der Waals surface area contributed by atoms with E-state index in [4.69, 9.17) is 14.2 Å². The average molecular weight is 1040 g/mol. The van der Waals surface area contributed by atoms with Crippen molar-refractivity contribution < 1.29 is 28.6 Å². The molecular weight excluding hydrogens is 913 g/mol. The van der Waals surface area contributed by atoms with Crippen LogP contribution in [0.4, 0.5) is 0 Å². The summed E-state index contributed by atoms with van der Waals surface area (Å²) in [6, 6.07) is 0. The lowest BCUT2D eigenvalue weighted by Crippen LogP contribution is -2.30. The SMILES string of the molecule is CCCCCCC/C=C\C/C=C\CCCCCCCCCCCCCCCC(=O)OCC(COC(=O)CCCCCCCCCCCCCC)OC(=O)CCCCCCCCCCC/C=C\CCCCCCCC. The molecule has 0 rings (SSSR count). The van der Waals surface area contributed by atoms with Crippen molar-refractivity contribution in [3.05, 3.63) is 36.5 Å². The van der Waals surface area contributed by atoms with Gasteiger partial charge in [0.2, 0.25) is 0 Å². The summed E-state index contributed by atoms with van der Waals surface area (Å²) in [6.07, 6.45) is 77.3. The minimum Gasteiger partial charge on any atom is -0.462 e. The number of rotatable bonds is 61. The lowest BCUT2D eigenvalue weighted by molar-refractivity contribution is -0.167. The van der Waals surface area contributed by atoms with Crippen molar-refractivity contribution in [2.45, 2.75) is 367 Å². The minimum absolute atomic E-state index is 0.0682. The quantitative estimate of drug-likeness (QED) is 0.0261. The first kappa shape index (κ1) is 71.6. The van der Waals surface area contributed by atoms with Gasteiger partial charge in [-0.3, -0.25) is 14.4 Å². The van der Waals surface area contributed by atoms with E-state index in [9.17, 15) is 14.4 Å². The van der Waals surface area contributed by atoms with Crippen LogP contribution in [0.3, 0.4) is 0 Å². The Morgan fingerprint density at radius 2 is 0.486 bits per heavy atom. The van der Waals surface area contributed by atoms with Crippen molar-refractivity contribution in [2.24, 2.45) is 0 Å². The highest BCUT2D eigenvalue weighted by Gasteiger charge is 2.19. The van der Waals surface area contributed by atoms with Gasteiger partial charge in [-0.1, -0.05) is 301 Å². The molecule has 434 valence electrons. The van der Waals surface area contributed by atoms with Crippen LogP contribution in [-0.2, 0) is 28.6 Å². The largest absolute Gasteiger partial charge is 0.462 e. The van der Waals surface area contributed by atoms with Crippen molar-refractivity contribution >= 4 is 17.9 Å². The van der Waals surface area contributed by atoms with Crippen LogP contribution in [0, 0.1) is 0 Å². The average Bonchev–Trinajstić information content (AvgIpc) is 3.40. The predicted molar refractivity (Wildman–Crippen MR) is 321 cm³/mol. The van der Waals surface area contributed by atoms with E-state index in [1.807, 2.05) is 0 Å². The number of hydrogen-bond donors (Lipinski definition) is 0. The fourth-order valence-electron chi connectivity index (χ4n) is 9.88. The standard InChI is InChI=1S/C68H126O6/c1-4-7-10-13-16-19-22-25-27-29-31-32-33-34-35-36-38-39-41-43-46-49-52-55-58-61-67(70)73-64-65(63-72-66(69)60-57-54-51-48-45-24-21-18-15-12-9-6-3)74-68(71)62-59-56-53-50-47-44-42-40-37-30-28-26-23-20-17-14-11-8-5-2/h22,25-26,28-29,31,65H,4-21,23-24,27,30,32-64H2,1-3H3/b25-22-,28-26-,31-29-. The van der Waals surface area contributed by atoms with Crippen molar-refractivity contribution in [1.82, 2.24) is 0 Å². The van der Waals surface area contributed by atoms with Crippen LogP contribution in [0.25, 0.3) is 0 Å². The third-order valence-electron chi connectivity index (χ3n) is 14.9. The molecule has 0 aromatic rings. The van der Waals surface area contributed by atoms with Crippen molar-refractivity contribution in [3.8, 4) is 0 Å². The van der Waals surface area contributed by atoms with Crippen LogP contribution >= 0.6 is 0 Å². The van der Waals surface area contributed by atoms with Crippen LogP contribution in [0.5, 0.6) is 0 Å². The van der Waals surface area contributed by atoms with Crippen molar-refractivity contribution in [3.63, 3.8) is 0 Å². The molecule has 0 saturated heterocycles. The third kappa shape index (κ3) is 60.5. The van der Waals surface area contributed by atoms with E-state index in [1.54, 1.807) is 0 Å². The molecule has 0 spiro atoms. The van der Waals surface area contributed by atoms with Crippen LogP contribution in [-0.4, -0.2) is 37.2 Å². The molecule has 0 N–H and O–H groups in total. The first-order valence-corrected chi connectivity index (χ1v) is 33.0. The van der Waals surface area contributed by atoms with Gasteiger partial charge < -0.3 is 14.2 Å². The van der Waals surface area contributed by atoms with Crippen molar-refractivity contribution in [1.29, 1.82) is 0 Å². The zero-order valence-electron chi connectivity index (χ0n) is 49.9. The Morgan fingerprint density at radius 1 is 0.270 bits per heavy atom. The molecule has 0 aromatic heterocycles. The number of carbonyl (C=O) groups excluding carboxylic acids is 3. The number of carbonyl (C=O) groups is 3.